The van der Waals surface area contributed by atoms with Gasteiger partial charge in [-0.15, -0.1) is 0 Å². The van der Waals surface area contributed by atoms with Crippen LogP contribution in [0.1, 0.15) is 342 Å². The summed E-state index contributed by atoms with van der Waals surface area (Å²) in [5.74, 6) is -1.04. The highest BCUT2D eigenvalue weighted by Crippen LogP contribution is 2.17. The van der Waals surface area contributed by atoms with Crippen molar-refractivity contribution in [2.45, 2.75) is 348 Å². The molecular weight excluding hydrogens is 997 g/mol. The first-order chi connectivity index (χ1) is 40.0. The number of carbonyl (C=O) groups excluding carboxylic acids is 3. The third kappa shape index (κ3) is 67.0. The van der Waals surface area contributed by atoms with Crippen LogP contribution in [0.2, 0.25) is 0 Å². The lowest BCUT2D eigenvalue weighted by Crippen LogP contribution is -2.30. The van der Waals surface area contributed by atoms with Crippen molar-refractivity contribution >= 4 is 17.9 Å². The van der Waals surface area contributed by atoms with Crippen LogP contribution < -0.4 is 0 Å². The SMILES string of the molecule is CC/C=C\C/C=C\C/C=C\C/C=C\C/C=C\CC(=O)OCC(COC(=O)CCCCCCCCCCCCCCCCCCCCC/C=C\CCCCCCCCCC)OC(=O)CCCCCCCCC/C=C\C/C=C\CCCCC. The van der Waals surface area contributed by atoms with Crippen LogP contribution in [0.4, 0.5) is 0 Å². The summed E-state index contributed by atoms with van der Waals surface area (Å²) in [6.07, 6.45) is 93.3. The molecule has 0 aliphatic heterocycles. The van der Waals surface area contributed by atoms with Crippen molar-refractivity contribution in [1.29, 1.82) is 0 Å². The molecule has 0 aliphatic rings. The van der Waals surface area contributed by atoms with Crippen molar-refractivity contribution in [2.24, 2.45) is 0 Å². The van der Waals surface area contributed by atoms with E-state index in [0.717, 1.165) is 83.5 Å². The van der Waals surface area contributed by atoms with Gasteiger partial charge in [0.25, 0.3) is 0 Å². The number of ether oxygens (including phenoxy) is 3. The molecule has 0 aromatic rings. The molecule has 1 unspecified atom stereocenters. The lowest BCUT2D eigenvalue weighted by Gasteiger charge is -2.18. The minimum absolute atomic E-state index is 0.109. The second kappa shape index (κ2) is 68.8. The Morgan fingerprint density at radius 2 is 0.531 bits per heavy atom. The highest BCUT2D eigenvalue weighted by molar-refractivity contribution is 5.72. The average Bonchev–Trinajstić information content (AvgIpc) is 3.47. The smallest absolute Gasteiger partial charge is 0.309 e. The maximum Gasteiger partial charge on any atom is 0.309 e. The maximum absolute atomic E-state index is 12.9. The van der Waals surface area contributed by atoms with Gasteiger partial charge in [0.05, 0.1) is 6.42 Å². The fourth-order valence-electron chi connectivity index (χ4n) is 9.90. The average molecular weight is 1130 g/mol. The molecule has 0 bridgehead atoms. The molecule has 0 aliphatic carbocycles. The topological polar surface area (TPSA) is 78.9 Å². The first-order valence-corrected chi connectivity index (χ1v) is 34.7. The predicted molar refractivity (Wildman–Crippen MR) is 353 cm³/mol. The maximum atomic E-state index is 12.9. The Bertz CT molecular complexity index is 1580. The Morgan fingerprint density at radius 3 is 0.901 bits per heavy atom. The Hall–Kier alpha value is -3.67. The van der Waals surface area contributed by atoms with Gasteiger partial charge >= 0.3 is 17.9 Å². The molecule has 0 radical (unpaired) electrons. The molecule has 466 valence electrons. The van der Waals surface area contributed by atoms with Crippen LogP contribution in [0, 0.1) is 0 Å². The second-order valence-electron chi connectivity index (χ2n) is 23.1. The van der Waals surface area contributed by atoms with Crippen molar-refractivity contribution < 1.29 is 28.6 Å². The van der Waals surface area contributed by atoms with Crippen molar-refractivity contribution in [1.82, 2.24) is 0 Å². The molecule has 0 aromatic heterocycles. The van der Waals surface area contributed by atoms with Crippen LogP contribution in [0.15, 0.2) is 97.2 Å². The van der Waals surface area contributed by atoms with Crippen LogP contribution in [0.3, 0.4) is 0 Å². The molecule has 0 heterocycles. The van der Waals surface area contributed by atoms with Gasteiger partial charge in [0.2, 0.25) is 0 Å². The summed E-state index contributed by atoms with van der Waals surface area (Å²) in [5, 5.41) is 0. The number of allylic oxidation sites excluding steroid dienone is 15. The van der Waals surface area contributed by atoms with Crippen molar-refractivity contribution in [3.63, 3.8) is 0 Å². The molecule has 81 heavy (non-hydrogen) atoms. The molecule has 0 N–H and O–H groups in total. The molecule has 6 nitrogen and oxygen atoms in total. The molecule has 0 fully saturated rings. The first-order valence-electron chi connectivity index (χ1n) is 34.7. The van der Waals surface area contributed by atoms with Crippen molar-refractivity contribution in [2.75, 3.05) is 13.2 Å². The predicted octanol–water partition coefficient (Wildman–Crippen LogP) is 24.0. The summed E-state index contributed by atoms with van der Waals surface area (Å²) < 4.78 is 16.8. The molecular formula is C75H130O6. The molecule has 0 spiro atoms. The van der Waals surface area contributed by atoms with E-state index in [9.17, 15) is 14.4 Å². The van der Waals surface area contributed by atoms with Crippen LogP contribution in [0.5, 0.6) is 0 Å². The Morgan fingerprint density at radius 1 is 0.272 bits per heavy atom. The van der Waals surface area contributed by atoms with Gasteiger partial charge in [0.15, 0.2) is 6.10 Å². The lowest BCUT2D eigenvalue weighted by atomic mass is 10.0. The van der Waals surface area contributed by atoms with E-state index in [-0.39, 0.29) is 31.6 Å². The van der Waals surface area contributed by atoms with E-state index in [1.807, 2.05) is 6.08 Å². The Labute approximate surface area is 502 Å². The second-order valence-corrected chi connectivity index (χ2v) is 23.1. The van der Waals surface area contributed by atoms with Crippen LogP contribution >= 0.6 is 0 Å². The molecule has 0 aromatic carbocycles. The van der Waals surface area contributed by atoms with Crippen molar-refractivity contribution in [3.8, 4) is 0 Å². The van der Waals surface area contributed by atoms with E-state index in [1.165, 1.54) is 218 Å². The molecule has 0 saturated carbocycles. The molecule has 6 heteroatoms. The summed E-state index contributed by atoms with van der Waals surface area (Å²) >= 11 is 0. The number of hydrogen-bond donors (Lipinski definition) is 0. The Balaban J connectivity index is 4.26. The van der Waals surface area contributed by atoms with E-state index in [1.54, 1.807) is 6.08 Å². The first kappa shape index (κ1) is 77.3. The summed E-state index contributed by atoms with van der Waals surface area (Å²) in [6, 6.07) is 0. The number of esters is 3. The summed E-state index contributed by atoms with van der Waals surface area (Å²) in [6.45, 7) is 6.44. The third-order valence-corrected chi connectivity index (χ3v) is 15.1. The van der Waals surface area contributed by atoms with Gasteiger partial charge in [0.1, 0.15) is 13.2 Å². The van der Waals surface area contributed by atoms with Crippen LogP contribution in [-0.2, 0) is 28.6 Å². The normalized spacial score (nSPS) is 12.7. The van der Waals surface area contributed by atoms with Gasteiger partial charge in [-0.1, -0.05) is 317 Å². The van der Waals surface area contributed by atoms with E-state index in [0.29, 0.717) is 12.8 Å². The zero-order valence-corrected chi connectivity index (χ0v) is 53.5. The summed E-state index contributed by atoms with van der Waals surface area (Å²) in [4.78, 5) is 38.3. The zero-order chi connectivity index (χ0) is 58.5. The van der Waals surface area contributed by atoms with Crippen LogP contribution in [-0.4, -0.2) is 37.2 Å². The fourth-order valence-corrected chi connectivity index (χ4v) is 9.90. The van der Waals surface area contributed by atoms with E-state index in [4.69, 9.17) is 14.2 Å². The zero-order valence-electron chi connectivity index (χ0n) is 53.5. The van der Waals surface area contributed by atoms with Gasteiger partial charge in [-0.05, 0) is 103 Å². The quantitative estimate of drug-likeness (QED) is 0.0261. The molecule has 0 amide bonds. The van der Waals surface area contributed by atoms with Gasteiger partial charge in [-0.2, -0.15) is 0 Å². The summed E-state index contributed by atoms with van der Waals surface area (Å²) in [7, 11) is 0. The number of unbranched alkanes of at least 4 members (excludes halogenated alkanes) is 37. The fraction of sp³-hybridized carbons (Fsp3) is 0.747. The minimum Gasteiger partial charge on any atom is -0.462 e. The van der Waals surface area contributed by atoms with Crippen LogP contribution in [0.25, 0.3) is 0 Å². The largest absolute Gasteiger partial charge is 0.462 e. The Kier molecular flexibility index (Phi) is 65.7. The number of rotatable bonds is 63. The van der Waals surface area contributed by atoms with Gasteiger partial charge < -0.3 is 14.2 Å². The van der Waals surface area contributed by atoms with E-state index < -0.39 is 12.1 Å². The summed E-state index contributed by atoms with van der Waals surface area (Å²) in [5.41, 5.74) is 0. The van der Waals surface area contributed by atoms with E-state index in [2.05, 4.69) is 106 Å². The highest BCUT2D eigenvalue weighted by atomic mass is 16.6. The lowest BCUT2D eigenvalue weighted by molar-refractivity contribution is -0.166. The monoisotopic (exact) mass is 1130 g/mol. The highest BCUT2D eigenvalue weighted by Gasteiger charge is 2.19. The number of hydrogen-bond acceptors (Lipinski definition) is 6. The molecule has 0 saturated heterocycles. The number of carbonyl (C=O) groups is 3. The third-order valence-electron chi connectivity index (χ3n) is 15.1. The molecule has 1 atom stereocenters. The van der Waals surface area contributed by atoms with Gasteiger partial charge in [0, 0.05) is 12.8 Å². The standard InChI is InChI=1S/C75H130O6/c1-4-7-10-13-16-19-22-25-28-30-31-32-33-34-35-36-37-38-39-40-41-42-43-45-47-50-53-56-59-62-65-68-74(77)80-71-72(70-79-73(76)67-64-61-58-55-52-49-46-27-24-21-18-15-12-9-6-3)81-75(78)69-66-63-60-57-54-51-48-44-29-26-23-20-17-14-11-8-5-2/h9,12,17-18,20-21,26-27,29-31,46,52,55,61,64,72H,4-8,10-11,13-16,19,22-25,28,32-45,47-51,53-54,56-60,62-63,65-71H2,1-3H3/b12-9-,20-17-,21-18-,29-26-,31-30-,46-27-,55-52-,64-61-. The van der Waals surface area contributed by atoms with Gasteiger partial charge in [-0.25, -0.2) is 0 Å². The minimum atomic E-state index is -0.823. The van der Waals surface area contributed by atoms with Crippen molar-refractivity contribution in [3.05, 3.63) is 97.2 Å². The molecule has 0 rings (SSSR count). The van der Waals surface area contributed by atoms with E-state index >= 15 is 0 Å². The van der Waals surface area contributed by atoms with Gasteiger partial charge in [-0.3, -0.25) is 14.4 Å².